The molecule has 0 atom stereocenters. The van der Waals surface area contributed by atoms with Gasteiger partial charge in [0, 0.05) is 66.8 Å². The molecule has 0 unspecified atom stereocenters. The quantitative estimate of drug-likeness (QED) is 0.141. The molecule has 15 aromatic rings. The van der Waals surface area contributed by atoms with Gasteiger partial charge in [-0.05, 0) is 236 Å². The molecule has 0 aliphatic carbocycles. The molecular weight excluding hydrogens is 1340 g/mol. The van der Waals surface area contributed by atoms with Crippen LogP contribution in [0.5, 0.6) is 0 Å². The molecule has 0 bridgehead atoms. The van der Waals surface area contributed by atoms with Gasteiger partial charge in [-0.15, -0.1) is 0 Å². The average molecular weight is 1450 g/mol. The lowest BCUT2D eigenvalue weighted by atomic mass is 9.33. The zero-order valence-electron chi connectivity index (χ0n) is 69.3. The van der Waals surface area contributed by atoms with Crippen molar-refractivity contribution in [3.05, 3.63) is 306 Å². The molecule has 2 aliphatic rings. The summed E-state index contributed by atoms with van der Waals surface area (Å²) in [7, 11) is 0. The van der Waals surface area contributed by atoms with Crippen molar-refractivity contribution in [1.29, 1.82) is 0 Å². The number of rotatable bonds is 8. The highest BCUT2D eigenvalue weighted by atomic mass is 15.2. The summed E-state index contributed by atoms with van der Waals surface area (Å²) in [5.74, 6) is 0. The minimum Gasteiger partial charge on any atom is -0.311 e. The third-order valence-corrected chi connectivity index (χ3v) is 24.1. The summed E-state index contributed by atoms with van der Waals surface area (Å²) >= 11 is 0. The van der Waals surface area contributed by atoms with Gasteiger partial charge in [-0.2, -0.15) is 0 Å². The molecular formula is C106H107BN4. The Morgan fingerprint density at radius 3 is 0.892 bits per heavy atom. The molecule has 0 saturated carbocycles. The first-order chi connectivity index (χ1) is 52.4. The molecule has 4 nitrogen and oxygen atoms in total. The van der Waals surface area contributed by atoms with E-state index in [1.54, 1.807) is 0 Å². The van der Waals surface area contributed by atoms with Crippen molar-refractivity contribution in [2.75, 3.05) is 9.80 Å². The van der Waals surface area contributed by atoms with E-state index in [4.69, 9.17) is 0 Å². The van der Waals surface area contributed by atoms with Crippen LogP contribution in [0.4, 0.5) is 34.1 Å². The van der Waals surface area contributed by atoms with Crippen LogP contribution in [0.2, 0.25) is 0 Å². The van der Waals surface area contributed by atoms with Gasteiger partial charge in [-0.3, -0.25) is 0 Å². The van der Waals surface area contributed by atoms with Gasteiger partial charge in [0.1, 0.15) is 0 Å². The summed E-state index contributed by atoms with van der Waals surface area (Å²) in [5, 5.41) is 5.02. The van der Waals surface area contributed by atoms with Crippen LogP contribution in [-0.4, -0.2) is 15.8 Å². The Bertz CT molecular complexity index is 5870. The maximum absolute atomic E-state index is 2.73. The average Bonchev–Trinajstić information content (AvgIpc) is 0.833. The minimum absolute atomic E-state index is 0.0384. The molecule has 0 spiro atoms. The van der Waals surface area contributed by atoms with Crippen LogP contribution in [0.1, 0.15) is 184 Å². The fourth-order valence-corrected chi connectivity index (χ4v) is 17.5. The predicted molar refractivity (Wildman–Crippen MR) is 482 cm³/mol. The van der Waals surface area contributed by atoms with E-state index in [2.05, 4.69) is 431 Å². The highest BCUT2D eigenvalue weighted by Crippen LogP contribution is 2.53. The Balaban J connectivity index is 1.03. The van der Waals surface area contributed by atoms with E-state index in [0.29, 0.717) is 0 Å². The van der Waals surface area contributed by atoms with Crippen molar-refractivity contribution in [1.82, 2.24) is 9.13 Å². The molecule has 111 heavy (non-hydrogen) atoms. The highest BCUT2D eigenvalue weighted by Gasteiger charge is 2.46. The number of para-hydroxylation sites is 2. The third-order valence-electron chi connectivity index (χ3n) is 24.1. The minimum atomic E-state index is -0.318. The number of fused-ring (bicyclic) bond motifs is 10. The van der Waals surface area contributed by atoms with E-state index in [1.807, 2.05) is 0 Å². The number of hydrogen-bond acceptors (Lipinski definition) is 2. The second-order valence-electron chi connectivity index (χ2n) is 39.2. The molecule has 5 heteroatoms. The normalized spacial score (nSPS) is 13.6. The van der Waals surface area contributed by atoms with E-state index in [1.165, 1.54) is 155 Å². The van der Waals surface area contributed by atoms with Crippen LogP contribution < -0.4 is 26.2 Å². The predicted octanol–water partition coefficient (Wildman–Crippen LogP) is 27.7. The Kier molecular flexibility index (Phi) is 17.0. The molecule has 0 amide bonds. The molecule has 0 fully saturated rings. The molecule has 0 radical (unpaired) electrons. The molecule has 0 saturated heterocycles. The Morgan fingerprint density at radius 2 is 0.523 bits per heavy atom. The summed E-state index contributed by atoms with van der Waals surface area (Å²) < 4.78 is 5.09. The second-order valence-corrected chi connectivity index (χ2v) is 39.2. The van der Waals surface area contributed by atoms with E-state index >= 15 is 0 Å². The Hall–Kier alpha value is -10.9. The van der Waals surface area contributed by atoms with Gasteiger partial charge in [0.15, 0.2) is 0 Å². The van der Waals surface area contributed by atoms with Crippen molar-refractivity contribution in [3.63, 3.8) is 0 Å². The summed E-state index contributed by atoms with van der Waals surface area (Å²) in [6, 6.07) is 105. The highest BCUT2D eigenvalue weighted by molar-refractivity contribution is 7.00. The van der Waals surface area contributed by atoms with E-state index < -0.39 is 0 Å². The zero-order chi connectivity index (χ0) is 78.1. The molecule has 554 valence electrons. The topological polar surface area (TPSA) is 16.3 Å². The Morgan fingerprint density at radius 1 is 0.207 bits per heavy atom. The number of hydrogen-bond donors (Lipinski definition) is 0. The lowest BCUT2D eigenvalue weighted by Gasteiger charge is -2.46. The smallest absolute Gasteiger partial charge is 0.252 e. The van der Waals surface area contributed by atoms with Gasteiger partial charge in [0.05, 0.1) is 33.4 Å². The molecule has 0 N–H and O–H groups in total. The van der Waals surface area contributed by atoms with Crippen LogP contribution in [0.25, 0.3) is 99.5 Å². The van der Waals surface area contributed by atoms with Crippen molar-refractivity contribution in [2.45, 2.75) is 183 Å². The van der Waals surface area contributed by atoms with E-state index in [-0.39, 0.29) is 44.6 Å². The Labute approximate surface area is 660 Å². The van der Waals surface area contributed by atoms with Crippen molar-refractivity contribution < 1.29 is 0 Å². The van der Waals surface area contributed by atoms with Gasteiger partial charge in [-0.25, -0.2) is 0 Å². The van der Waals surface area contributed by atoms with Crippen LogP contribution in [0.15, 0.2) is 267 Å². The SMILES string of the molecule is CC(C)(C)c1cc(-c2ccccc2)cc(-c2cc(C(C)(C)C)ccc2N2c3cc(-n4c5ccccc5c5cc(C(C)(C)C)ccc54)ccc3B3c4ccc(-n5c6ccccc6c6cc(C(C)(C)C)ccc65)cc4N(c4ccc(C(C)(C)C)cc4-c4cc(-c5ccccc5)cc(C(C)(C)C)c4)c4cc(C(C)(C)C)cc2c43)c1. The van der Waals surface area contributed by atoms with E-state index in [9.17, 15) is 0 Å². The van der Waals surface area contributed by atoms with Crippen LogP contribution in [-0.2, 0) is 37.9 Å². The zero-order valence-corrected chi connectivity index (χ0v) is 69.3. The van der Waals surface area contributed by atoms with Gasteiger partial charge < -0.3 is 18.9 Å². The van der Waals surface area contributed by atoms with Gasteiger partial charge in [-0.1, -0.05) is 303 Å². The van der Waals surface area contributed by atoms with Gasteiger partial charge >= 0.3 is 0 Å². The van der Waals surface area contributed by atoms with Crippen molar-refractivity contribution in [3.8, 4) is 55.9 Å². The standard InChI is InChI=1S/C106H107BN4/c1-100(2,3)72-40-48-91(83(58-72)70-52-68(66-32-24-22-25-33-66)54-76(56-70)104(13,14)15)110-95-64-79(108-89-38-30-28-36-81(89)85-60-74(102(7,8)9)42-50-93(85)108)44-46-87(95)107-88-47-45-80(109-90-39-31-29-37-82(90)86-61-75(103(10,11)12)43-51-94(86)109)65-96(88)111(98-63-78(106(19,20)21)62-97(110)99(98)107)92-49-41-73(101(4,5)6)59-84(92)71-53-69(67-34-26-23-27-35-67)55-77(57-71)105(16,17)18/h22-65H,1-21H3. The fourth-order valence-electron chi connectivity index (χ4n) is 17.5. The molecule has 4 heterocycles. The number of aromatic nitrogens is 2. The van der Waals surface area contributed by atoms with Crippen LogP contribution in [0, 0.1) is 0 Å². The number of benzene rings is 13. The third kappa shape index (κ3) is 12.7. The lowest BCUT2D eigenvalue weighted by molar-refractivity contribution is 0.589. The number of nitrogens with zero attached hydrogens (tertiary/aromatic N) is 4. The summed E-state index contributed by atoms with van der Waals surface area (Å²) in [4.78, 5) is 5.46. The fraction of sp³-hybridized carbons (Fsp3) is 0.264. The van der Waals surface area contributed by atoms with E-state index in [0.717, 1.165) is 34.1 Å². The first kappa shape index (κ1) is 73.0. The monoisotopic (exact) mass is 1450 g/mol. The molecule has 2 aromatic heterocycles. The summed E-state index contributed by atoms with van der Waals surface area (Å²) in [6.07, 6.45) is 0. The first-order valence-electron chi connectivity index (χ1n) is 40.3. The molecule has 2 aliphatic heterocycles. The van der Waals surface area contributed by atoms with Crippen molar-refractivity contribution >= 4 is 101 Å². The van der Waals surface area contributed by atoms with Crippen LogP contribution in [0.3, 0.4) is 0 Å². The second kappa shape index (κ2) is 25.9. The van der Waals surface area contributed by atoms with Gasteiger partial charge in [0.2, 0.25) is 0 Å². The maximum atomic E-state index is 2.73. The van der Waals surface area contributed by atoms with Gasteiger partial charge in [0.25, 0.3) is 6.71 Å². The maximum Gasteiger partial charge on any atom is 0.252 e. The summed E-state index contributed by atoms with van der Waals surface area (Å²) in [6.45, 7) is 49.4. The molecule has 13 aromatic carbocycles. The molecule has 17 rings (SSSR count). The van der Waals surface area contributed by atoms with Crippen LogP contribution >= 0.6 is 0 Å². The summed E-state index contributed by atoms with van der Waals surface area (Å²) in [5.41, 5.74) is 35.2. The largest absolute Gasteiger partial charge is 0.311 e. The van der Waals surface area contributed by atoms with Crippen molar-refractivity contribution in [2.24, 2.45) is 0 Å². The first-order valence-corrected chi connectivity index (χ1v) is 40.3. The number of anilines is 6. The lowest BCUT2D eigenvalue weighted by Crippen LogP contribution is -2.61.